The molecular formula is C36H40N2O6. The summed E-state index contributed by atoms with van der Waals surface area (Å²) in [6.45, 7) is 4.33. The molecule has 0 fully saturated rings. The Balaban J connectivity index is 1.53. The van der Waals surface area contributed by atoms with Crippen molar-refractivity contribution in [1.29, 1.82) is 0 Å². The van der Waals surface area contributed by atoms with Crippen LogP contribution >= 0.6 is 0 Å². The number of carboxylic acid groups (broad SMARTS) is 1. The predicted molar refractivity (Wildman–Crippen MR) is 171 cm³/mol. The molecule has 8 heteroatoms. The van der Waals surface area contributed by atoms with E-state index in [-0.39, 0.29) is 18.9 Å². The summed E-state index contributed by atoms with van der Waals surface area (Å²) in [5, 5.41) is 14.8. The Morgan fingerprint density at radius 3 is 2.14 bits per heavy atom. The Kier molecular flexibility index (Phi) is 11.3. The number of hydrogen-bond donors (Lipinski definition) is 2. The van der Waals surface area contributed by atoms with Gasteiger partial charge in [-0.3, -0.25) is 4.79 Å². The molecule has 0 spiro atoms. The summed E-state index contributed by atoms with van der Waals surface area (Å²) in [4.78, 5) is 41.1. The number of para-hydroxylation sites is 2. The molecule has 4 aromatic carbocycles. The highest BCUT2D eigenvalue weighted by Gasteiger charge is 2.30. The molecule has 1 unspecified atom stereocenters. The number of carboxylic acids is 1. The summed E-state index contributed by atoms with van der Waals surface area (Å²) in [7, 11) is 1.51. The maximum Gasteiger partial charge on any atom is 0.326 e. The third-order valence-electron chi connectivity index (χ3n) is 7.40. The summed E-state index contributed by atoms with van der Waals surface area (Å²) in [5.41, 5.74) is 1.86. The molecule has 0 aromatic heterocycles. The zero-order valence-electron chi connectivity index (χ0n) is 25.4. The number of urea groups is 1. The van der Waals surface area contributed by atoms with E-state index >= 15 is 0 Å². The van der Waals surface area contributed by atoms with Gasteiger partial charge in [0.15, 0.2) is 11.5 Å². The molecule has 0 aliphatic heterocycles. The normalized spacial score (nSPS) is 12.4. The first-order valence-electron chi connectivity index (χ1n) is 14.9. The molecule has 2 amide bonds. The Morgan fingerprint density at radius 2 is 1.45 bits per heavy atom. The average Bonchev–Trinajstić information content (AvgIpc) is 3.02. The fourth-order valence-corrected chi connectivity index (χ4v) is 5.15. The number of nitrogens with zero attached hydrogens (tertiary/aromatic N) is 1. The van der Waals surface area contributed by atoms with Gasteiger partial charge in [-0.05, 0) is 52.8 Å². The summed E-state index contributed by atoms with van der Waals surface area (Å²) < 4.78 is 11.1. The summed E-state index contributed by atoms with van der Waals surface area (Å²) in [6.07, 6.45) is 1.15. The van der Waals surface area contributed by atoms with Crippen LogP contribution in [0.2, 0.25) is 0 Å². The van der Waals surface area contributed by atoms with Crippen molar-refractivity contribution in [3.05, 3.63) is 108 Å². The second-order valence-corrected chi connectivity index (χ2v) is 11.3. The second kappa shape index (κ2) is 15.6. The lowest BCUT2D eigenvalue weighted by molar-refractivity contribution is -0.140. The number of benzene rings is 4. The Bertz CT molecular complexity index is 1550. The fourth-order valence-electron chi connectivity index (χ4n) is 5.15. The van der Waals surface area contributed by atoms with E-state index in [1.165, 1.54) is 12.0 Å². The molecule has 230 valence electrons. The number of aliphatic carboxylic acids is 1. The Labute approximate surface area is 258 Å². The first kappa shape index (κ1) is 32.1. The van der Waals surface area contributed by atoms with Crippen molar-refractivity contribution < 1.29 is 29.0 Å². The molecule has 0 heterocycles. The molecule has 4 rings (SSSR count). The van der Waals surface area contributed by atoms with Crippen LogP contribution in [0.5, 0.6) is 11.5 Å². The van der Waals surface area contributed by atoms with E-state index in [0.717, 1.165) is 21.9 Å². The van der Waals surface area contributed by atoms with Crippen LogP contribution in [-0.4, -0.2) is 54.2 Å². The zero-order valence-corrected chi connectivity index (χ0v) is 25.4. The lowest BCUT2D eigenvalue weighted by Gasteiger charge is -2.30. The Morgan fingerprint density at radius 1 is 0.795 bits per heavy atom. The van der Waals surface area contributed by atoms with Gasteiger partial charge in [0.2, 0.25) is 0 Å². The second-order valence-electron chi connectivity index (χ2n) is 11.3. The number of carbonyl (C=O) groups excluding carboxylic acids is 2. The molecule has 44 heavy (non-hydrogen) atoms. The van der Waals surface area contributed by atoms with Crippen LogP contribution in [0.15, 0.2) is 97.1 Å². The minimum atomic E-state index is -1.15. The van der Waals surface area contributed by atoms with E-state index in [2.05, 4.69) is 5.32 Å². The molecule has 2 atom stereocenters. The lowest BCUT2D eigenvalue weighted by Crippen LogP contribution is -2.51. The number of aryl methyl sites for hydroxylation is 1. The van der Waals surface area contributed by atoms with Crippen LogP contribution in [0.3, 0.4) is 0 Å². The van der Waals surface area contributed by atoms with E-state index in [0.29, 0.717) is 30.9 Å². The summed E-state index contributed by atoms with van der Waals surface area (Å²) >= 11 is 0. The van der Waals surface area contributed by atoms with Crippen molar-refractivity contribution in [2.45, 2.75) is 39.2 Å². The van der Waals surface area contributed by atoms with Crippen LogP contribution in [0.1, 0.15) is 31.4 Å². The van der Waals surface area contributed by atoms with Gasteiger partial charge in [-0.15, -0.1) is 0 Å². The SMILES string of the molecule is COc1ccccc1OC(=O)C(CCc1ccccc1)CN(CC(C)C)C(=O)N[C@@H](Cc1ccc2ccccc2c1)C(=O)O. The van der Waals surface area contributed by atoms with Gasteiger partial charge in [0, 0.05) is 19.5 Å². The highest BCUT2D eigenvalue weighted by molar-refractivity contribution is 5.85. The number of amides is 2. The number of hydrogen-bond acceptors (Lipinski definition) is 5. The predicted octanol–water partition coefficient (Wildman–Crippen LogP) is 6.37. The van der Waals surface area contributed by atoms with Gasteiger partial charge in [0.1, 0.15) is 6.04 Å². The number of carbonyl (C=O) groups is 3. The number of ether oxygens (including phenoxy) is 2. The molecule has 0 radical (unpaired) electrons. The van der Waals surface area contributed by atoms with Crippen LogP contribution in [-0.2, 0) is 22.4 Å². The van der Waals surface area contributed by atoms with Gasteiger partial charge in [0.25, 0.3) is 0 Å². The van der Waals surface area contributed by atoms with Crippen molar-refractivity contribution >= 4 is 28.7 Å². The quantitative estimate of drug-likeness (QED) is 0.130. The topological polar surface area (TPSA) is 105 Å². The standard InChI is InChI=1S/C36H40N2O6/c1-25(2)23-38(36(42)37-31(34(39)40)22-27-18-19-28-13-7-8-14-29(28)21-27)24-30(20-17-26-11-5-4-6-12-26)35(41)44-33-16-10-9-15-32(33)43-3/h4-16,18-19,21,25,30-31H,17,20,22-24H2,1-3H3,(H,37,42)(H,39,40)/t30?,31-/m0/s1. The van der Waals surface area contributed by atoms with Gasteiger partial charge < -0.3 is 24.8 Å². The summed E-state index contributed by atoms with van der Waals surface area (Å²) in [6, 6.07) is 28.6. The number of nitrogens with one attached hydrogen (secondary N) is 1. The molecule has 4 aromatic rings. The monoisotopic (exact) mass is 596 g/mol. The molecular weight excluding hydrogens is 556 g/mol. The first-order chi connectivity index (χ1) is 21.2. The van der Waals surface area contributed by atoms with Gasteiger partial charge in [-0.1, -0.05) is 98.8 Å². The molecule has 2 N–H and O–H groups in total. The minimum Gasteiger partial charge on any atom is -0.493 e. The summed E-state index contributed by atoms with van der Waals surface area (Å²) in [5.74, 6) is -1.49. The van der Waals surface area contributed by atoms with Crippen molar-refractivity contribution in [3.8, 4) is 11.5 Å². The maximum atomic E-state index is 13.7. The fraction of sp³-hybridized carbons (Fsp3) is 0.306. The van der Waals surface area contributed by atoms with Gasteiger partial charge in [0.05, 0.1) is 13.0 Å². The van der Waals surface area contributed by atoms with Crippen LogP contribution in [0.4, 0.5) is 4.79 Å². The van der Waals surface area contributed by atoms with E-state index in [1.807, 2.05) is 86.6 Å². The lowest BCUT2D eigenvalue weighted by atomic mass is 9.98. The average molecular weight is 597 g/mol. The van der Waals surface area contributed by atoms with Crippen LogP contribution < -0.4 is 14.8 Å². The number of fused-ring (bicyclic) bond motifs is 1. The number of esters is 1. The maximum absolute atomic E-state index is 13.7. The van der Waals surface area contributed by atoms with Crippen molar-refractivity contribution in [3.63, 3.8) is 0 Å². The van der Waals surface area contributed by atoms with E-state index in [1.54, 1.807) is 24.3 Å². The highest BCUT2D eigenvalue weighted by atomic mass is 16.6. The van der Waals surface area contributed by atoms with Crippen molar-refractivity contribution in [2.24, 2.45) is 11.8 Å². The molecule has 0 aliphatic carbocycles. The smallest absolute Gasteiger partial charge is 0.326 e. The van der Waals surface area contributed by atoms with Gasteiger partial charge in [-0.2, -0.15) is 0 Å². The zero-order chi connectivity index (χ0) is 31.5. The molecule has 0 saturated carbocycles. The third kappa shape index (κ3) is 9.07. The number of methoxy groups -OCH3 is 1. The van der Waals surface area contributed by atoms with E-state index < -0.39 is 29.9 Å². The molecule has 0 aliphatic rings. The molecule has 8 nitrogen and oxygen atoms in total. The first-order valence-corrected chi connectivity index (χ1v) is 14.9. The van der Waals surface area contributed by atoms with E-state index in [4.69, 9.17) is 9.47 Å². The minimum absolute atomic E-state index is 0.0626. The van der Waals surface area contributed by atoms with Gasteiger partial charge >= 0.3 is 18.0 Å². The molecule has 0 saturated heterocycles. The van der Waals surface area contributed by atoms with Crippen molar-refractivity contribution in [2.75, 3.05) is 20.2 Å². The number of rotatable bonds is 14. The molecule has 0 bridgehead atoms. The van der Waals surface area contributed by atoms with Crippen molar-refractivity contribution in [1.82, 2.24) is 10.2 Å². The Hall–Kier alpha value is -4.85. The largest absolute Gasteiger partial charge is 0.493 e. The third-order valence-corrected chi connectivity index (χ3v) is 7.40. The highest BCUT2D eigenvalue weighted by Crippen LogP contribution is 2.27. The van der Waals surface area contributed by atoms with Crippen LogP contribution in [0, 0.1) is 11.8 Å². The van der Waals surface area contributed by atoms with Gasteiger partial charge in [-0.25, -0.2) is 9.59 Å². The van der Waals surface area contributed by atoms with E-state index in [9.17, 15) is 19.5 Å². The van der Waals surface area contributed by atoms with Crippen LogP contribution in [0.25, 0.3) is 10.8 Å².